The first kappa shape index (κ1) is 17.0. The molecule has 1 atom stereocenters. The number of pyridine rings is 1. The number of halogens is 3. The van der Waals surface area contributed by atoms with Gasteiger partial charge in [-0.25, -0.2) is 4.98 Å². The molecule has 3 heterocycles. The number of hydrogen-bond donors (Lipinski definition) is 0. The van der Waals surface area contributed by atoms with Crippen molar-refractivity contribution in [2.75, 3.05) is 13.1 Å². The first-order chi connectivity index (χ1) is 11.4. The van der Waals surface area contributed by atoms with Gasteiger partial charge in [0.2, 0.25) is 0 Å². The molecule has 0 saturated carbocycles. The van der Waals surface area contributed by atoms with Crippen molar-refractivity contribution in [3.05, 3.63) is 47.8 Å². The van der Waals surface area contributed by atoms with Gasteiger partial charge in [0.1, 0.15) is 5.82 Å². The Hall–Kier alpha value is -1.89. The SMILES string of the molecule is Cn1ccnc1CC1CCCN(Cc2ncccc2C(F)(F)F)C1. The highest BCUT2D eigenvalue weighted by atomic mass is 19.4. The molecule has 0 spiro atoms. The van der Waals surface area contributed by atoms with E-state index < -0.39 is 11.7 Å². The third-order valence-corrected chi connectivity index (χ3v) is 4.56. The van der Waals surface area contributed by atoms with Gasteiger partial charge < -0.3 is 4.57 Å². The summed E-state index contributed by atoms with van der Waals surface area (Å²) in [5.41, 5.74) is -0.515. The maximum Gasteiger partial charge on any atom is 0.418 e. The zero-order valence-corrected chi connectivity index (χ0v) is 13.6. The first-order valence-corrected chi connectivity index (χ1v) is 8.13. The fraction of sp³-hybridized carbons (Fsp3) is 0.529. The van der Waals surface area contributed by atoms with Crippen LogP contribution in [0.25, 0.3) is 0 Å². The predicted molar refractivity (Wildman–Crippen MR) is 84.2 cm³/mol. The summed E-state index contributed by atoms with van der Waals surface area (Å²) in [6.07, 6.45) is 3.69. The maximum atomic E-state index is 13.1. The number of hydrogen-bond acceptors (Lipinski definition) is 3. The second kappa shape index (κ2) is 6.93. The summed E-state index contributed by atoms with van der Waals surface area (Å²) >= 11 is 0. The van der Waals surface area contributed by atoms with Crippen LogP contribution in [0.15, 0.2) is 30.7 Å². The fourth-order valence-electron chi connectivity index (χ4n) is 3.35. The van der Waals surface area contributed by atoms with Gasteiger partial charge in [-0.3, -0.25) is 9.88 Å². The van der Waals surface area contributed by atoms with Crippen LogP contribution in [-0.4, -0.2) is 32.5 Å². The van der Waals surface area contributed by atoms with Crippen LogP contribution in [0.4, 0.5) is 13.2 Å². The molecule has 4 nitrogen and oxygen atoms in total. The van der Waals surface area contributed by atoms with E-state index in [0.29, 0.717) is 5.92 Å². The average Bonchev–Trinajstić information content (AvgIpc) is 2.92. The van der Waals surface area contributed by atoms with Crippen LogP contribution >= 0.6 is 0 Å². The highest BCUT2D eigenvalue weighted by Gasteiger charge is 2.34. The summed E-state index contributed by atoms with van der Waals surface area (Å²) in [6, 6.07) is 2.45. The number of likely N-dealkylation sites (tertiary alicyclic amines) is 1. The summed E-state index contributed by atoms with van der Waals surface area (Å²) in [7, 11) is 1.96. The van der Waals surface area contributed by atoms with Crippen molar-refractivity contribution < 1.29 is 13.2 Å². The molecule has 1 aliphatic rings. The van der Waals surface area contributed by atoms with E-state index in [2.05, 4.69) is 14.9 Å². The third kappa shape index (κ3) is 3.95. The van der Waals surface area contributed by atoms with Crippen LogP contribution in [0.5, 0.6) is 0 Å². The van der Waals surface area contributed by atoms with Crippen LogP contribution < -0.4 is 0 Å². The summed E-state index contributed by atoms with van der Waals surface area (Å²) in [5.74, 6) is 1.44. The standard InChI is InChI=1S/C17H21F3N4/c1-23-9-7-22-16(23)10-13-4-3-8-24(11-13)12-15-14(17(18,19)20)5-2-6-21-15/h2,5-7,9,13H,3-4,8,10-12H2,1H3. The molecule has 1 saturated heterocycles. The molecule has 2 aromatic rings. The molecule has 3 rings (SSSR count). The van der Waals surface area contributed by atoms with E-state index in [0.717, 1.165) is 44.2 Å². The summed E-state index contributed by atoms with van der Waals surface area (Å²) in [6.45, 7) is 1.83. The number of aryl methyl sites for hydroxylation is 1. The van der Waals surface area contributed by atoms with Gasteiger partial charge in [-0.05, 0) is 37.4 Å². The molecule has 0 aromatic carbocycles. The van der Waals surface area contributed by atoms with E-state index in [1.165, 1.54) is 12.3 Å². The van der Waals surface area contributed by atoms with Gasteiger partial charge in [0.05, 0.1) is 11.3 Å². The van der Waals surface area contributed by atoms with E-state index in [1.54, 1.807) is 6.20 Å². The van der Waals surface area contributed by atoms with Gasteiger partial charge in [-0.15, -0.1) is 0 Å². The van der Waals surface area contributed by atoms with Crippen molar-refractivity contribution in [1.82, 2.24) is 19.4 Å². The lowest BCUT2D eigenvalue weighted by Gasteiger charge is -2.32. The van der Waals surface area contributed by atoms with Crippen molar-refractivity contribution in [3.63, 3.8) is 0 Å². The van der Waals surface area contributed by atoms with E-state index in [1.807, 2.05) is 17.8 Å². The zero-order chi connectivity index (χ0) is 17.2. The summed E-state index contributed by atoms with van der Waals surface area (Å²) in [4.78, 5) is 10.4. The monoisotopic (exact) mass is 338 g/mol. The molecule has 0 N–H and O–H groups in total. The second-order valence-corrected chi connectivity index (χ2v) is 6.40. The van der Waals surface area contributed by atoms with Gasteiger partial charge in [-0.1, -0.05) is 0 Å². The molecule has 0 bridgehead atoms. The van der Waals surface area contributed by atoms with Crippen molar-refractivity contribution >= 4 is 0 Å². The normalized spacial score (nSPS) is 19.6. The molecule has 7 heteroatoms. The highest BCUT2D eigenvalue weighted by Crippen LogP contribution is 2.32. The lowest BCUT2D eigenvalue weighted by Crippen LogP contribution is -2.36. The molecule has 0 amide bonds. The molecule has 2 aromatic heterocycles. The number of aromatic nitrogens is 3. The molecular weight excluding hydrogens is 317 g/mol. The fourth-order valence-corrected chi connectivity index (χ4v) is 3.35. The quantitative estimate of drug-likeness (QED) is 0.858. The minimum absolute atomic E-state index is 0.114. The van der Waals surface area contributed by atoms with Crippen molar-refractivity contribution in [1.29, 1.82) is 0 Å². The minimum atomic E-state index is -4.36. The number of imidazole rings is 1. The van der Waals surface area contributed by atoms with Gasteiger partial charge in [0.15, 0.2) is 0 Å². The van der Waals surface area contributed by atoms with E-state index in [-0.39, 0.29) is 12.2 Å². The van der Waals surface area contributed by atoms with Crippen molar-refractivity contribution in [2.45, 2.75) is 32.0 Å². The summed E-state index contributed by atoms with van der Waals surface area (Å²) < 4.78 is 41.3. The van der Waals surface area contributed by atoms with Crippen LogP contribution in [0.2, 0.25) is 0 Å². The number of alkyl halides is 3. The van der Waals surface area contributed by atoms with Crippen molar-refractivity contribution in [3.8, 4) is 0 Å². The van der Waals surface area contributed by atoms with Gasteiger partial charge >= 0.3 is 6.18 Å². The molecule has 24 heavy (non-hydrogen) atoms. The smallest absolute Gasteiger partial charge is 0.338 e. The minimum Gasteiger partial charge on any atom is -0.338 e. The Labute approximate surface area is 139 Å². The average molecular weight is 338 g/mol. The second-order valence-electron chi connectivity index (χ2n) is 6.40. The molecule has 1 fully saturated rings. The Bertz CT molecular complexity index is 680. The largest absolute Gasteiger partial charge is 0.418 e. The molecule has 0 radical (unpaired) electrons. The van der Waals surface area contributed by atoms with Crippen LogP contribution in [0.1, 0.15) is 29.9 Å². The van der Waals surface area contributed by atoms with E-state index in [9.17, 15) is 13.2 Å². The Morgan fingerprint density at radius 2 is 2.08 bits per heavy atom. The van der Waals surface area contributed by atoms with Crippen LogP contribution in [0, 0.1) is 5.92 Å². The van der Waals surface area contributed by atoms with Crippen LogP contribution in [0.3, 0.4) is 0 Å². The number of rotatable bonds is 4. The highest BCUT2D eigenvalue weighted by molar-refractivity contribution is 5.23. The third-order valence-electron chi connectivity index (χ3n) is 4.56. The molecular formula is C17H21F3N4. The van der Waals surface area contributed by atoms with Crippen molar-refractivity contribution in [2.24, 2.45) is 13.0 Å². The molecule has 130 valence electrons. The van der Waals surface area contributed by atoms with Gasteiger partial charge in [0.25, 0.3) is 0 Å². The van der Waals surface area contributed by atoms with Gasteiger partial charge in [-0.2, -0.15) is 13.2 Å². The van der Waals surface area contributed by atoms with Gasteiger partial charge in [0, 0.05) is 45.1 Å². The Balaban J connectivity index is 1.67. The van der Waals surface area contributed by atoms with E-state index in [4.69, 9.17) is 0 Å². The van der Waals surface area contributed by atoms with Crippen LogP contribution in [-0.2, 0) is 26.2 Å². The predicted octanol–water partition coefficient (Wildman–Crippen LogP) is 3.29. The molecule has 1 unspecified atom stereocenters. The Morgan fingerprint density at radius 1 is 1.25 bits per heavy atom. The van der Waals surface area contributed by atoms with E-state index >= 15 is 0 Å². The number of piperidine rings is 1. The Kier molecular flexibility index (Phi) is 4.89. The topological polar surface area (TPSA) is 34.0 Å². The Morgan fingerprint density at radius 3 is 2.79 bits per heavy atom. The molecule has 1 aliphatic heterocycles. The lowest BCUT2D eigenvalue weighted by molar-refractivity contribution is -0.138. The maximum absolute atomic E-state index is 13.1. The summed E-state index contributed by atoms with van der Waals surface area (Å²) in [5, 5.41) is 0. The zero-order valence-electron chi connectivity index (χ0n) is 13.6. The first-order valence-electron chi connectivity index (χ1n) is 8.13. The number of nitrogens with zero attached hydrogens (tertiary/aromatic N) is 4. The molecule has 0 aliphatic carbocycles. The lowest BCUT2D eigenvalue weighted by atomic mass is 9.94.